The number of rotatable bonds is 5. The molecule has 2 N–H and O–H groups in total. The van der Waals surface area contributed by atoms with Gasteiger partial charge in [-0.15, -0.1) is 6.42 Å². The van der Waals surface area contributed by atoms with Crippen molar-refractivity contribution in [1.29, 1.82) is 0 Å². The molecule has 0 saturated heterocycles. The third-order valence-corrected chi connectivity index (χ3v) is 2.36. The summed E-state index contributed by atoms with van der Waals surface area (Å²) < 4.78 is 5.37. The Hall–Kier alpha value is -1.99. The first kappa shape index (κ1) is 14.1. The number of aliphatic hydroxyl groups is 1. The molecular weight excluding hydrogens is 230 g/mol. The van der Waals surface area contributed by atoms with Crippen LogP contribution in [0.3, 0.4) is 0 Å². The van der Waals surface area contributed by atoms with Crippen molar-refractivity contribution in [2.24, 2.45) is 0 Å². The van der Waals surface area contributed by atoms with Crippen molar-refractivity contribution < 1.29 is 14.6 Å². The second-order valence-corrected chi connectivity index (χ2v) is 3.99. The first-order valence-corrected chi connectivity index (χ1v) is 5.66. The molecule has 0 aliphatic rings. The van der Waals surface area contributed by atoms with Crippen molar-refractivity contribution in [2.45, 2.75) is 20.0 Å². The maximum Gasteiger partial charge on any atom is 0.258 e. The molecule has 4 nitrogen and oxygen atoms in total. The number of aryl methyl sites for hydroxylation is 1. The van der Waals surface area contributed by atoms with E-state index in [9.17, 15) is 9.90 Å². The summed E-state index contributed by atoms with van der Waals surface area (Å²) in [4.78, 5) is 11.3. The van der Waals surface area contributed by atoms with E-state index < -0.39 is 6.10 Å². The van der Waals surface area contributed by atoms with E-state index in [4.69, 9.17) is 11.2 Å². The standard InChI is InChI=1S/C14H17NO3/c1-4-7-15-14(17)9-18-13-6-5-10(2)8-12(13)11(3)16/h1,5-6,8,11,16H,7,9H2,2-3H3,(H,15,17)/t11-/m0/s1. The van der Waals surface area contributed by atoms with Crippen LogP contribution < -0.4 is 10.1 Å². The summed E-state index contributed by atoms with van der Waals surface area (Å²) >= 11 is 0. The minimum absolute atomic E-state index is 0.121. The minimum atomic E-state index is -0.645. The summed E-state index contributed by atoms with van der Waals surface area (Å²) in [7, 11) is 0. The Balaban J connectivity index is 2.67. The average Bonchev–Trinajstić information content (AvgIpc) is 2.34. The van der Waals surface area contributed by atoms with E-state index >= 15 is 0 Å². The van der Waals surface area contributed by atoms with Crippen LogP contribution in [0.4, 0.5) is 0 Å². The number of hydrogen-bond donors (Lipinski definition) is 2. The van der Waals surface area contributed by atoms with Gasteiger partial charge in [-0.2, -0.15) is 0 Å². The lowest BCUT2D eigenvalue weighted by atomic mass is 10.1. The number of aliphatic hydroxyl groups excluding tert-OH is 1. The van der Waals surface area contributed by atoms with Gasteiger partial charge in [0, 0.05) is 5.56 Å². The zero-order chi connectivity index (χ0) is 13.5. The van der Waals surface area contributed by atoms with Gasteiger partial charge in [-0.3, -0.25) is 4.79 Å². The Kier molecular flexibility index (Phi) is 5.22. The van der Waals surface area contributed by atoms with Crippen LogP contribution in [0.15, 0.2) is 18.2 Å². The van der Waals surface area contributed by atoms with Crippen LogP contribution >= 0.6 is 0 Å². The topological polar surface area (TPSA) is 58.6 Å². The van der Waals surface area contributed by atoms with Gasteiger partial charge in [0.25, 0.3) is 5.91 Å². The van der Waals surface area contributed by atoms with Gasteiger partial charge in [0.05, 0.1) is 12.6 Å². The average molecular weight is 247 g/mol. The SMILES string of the molecule is C#CCNC(=O)COc1ccc(C)cc1[C@H](C)O. The molecule has 1 rings (SSSR count). The first-order valence-electron chi connectivity index (χ1n) is 5.66. The molecular formula is C14H17NO3. The largest absolute Gasteiger partial charge is 0.483 e. The first-order chi connectivity index (χ1) is 8.54. The molecule has 0 fully saturated rings. The molecule has 0 bridgehead atoms. The van der Waals surface area contributed by atoms with E-state index in [2.05, 4.69) is 11.2 Å². The zero-order valence-corrected chi connectivity index (χ0v) is 10.6. The highest BCUT2D eigenvalue weighted by Crippen LogP contribution is 2.26. The highest BCUT2D eigenvalue weighted by molar-refractivity contribution is 5.77. The van der Waals surface area contributed by atoms with Crippen molar-refractivity contribution in [3.05, 3.63) is 29.3 Å². The van der Waals surface area contributed by atoms with E-state index in [1.54, 1.807) is 13.0 Å². The van der Waals surface area contributed by atoms with Gasteiger partial charge in [0.1, 0.15) is 5.75 Å². The van der Waals surface area contributed by atoms with Gasteiger partial charge in [-0.1, -0.05) is 17.6 Å². The number of nitrogens with one attached hydrogen (secondary N) is 1. The van der Waals surface area contributed by atoms with Gasteiger partial charge in [0.2, 0.25) is 0 Å². The van der Waals surface area contributed by atoms with Crippen LogP contribution in [-0.2, 0) is 4.79 Å². The number of benzene rings is 1. The molecule has 4 heteroatoms. The van der Waals surface area contributed by atoms with Gasteiger partial charge in [-0.25, -0.2) is 0 Å². The zero-order valence-electron chi connectivity index (χ0n) is 10.6. The molecule has 18 heavy (non-hydrogen) atoms. The molecule has 0 heterocycles. The number of hydrogen-bond acceptors (Lipinski definition) is 3. The van der Waals surface area contributed by atoms with Crippen LogP contribution in [0.25, 0.3) is 0 Å². The third kappa shape index (κ3) is 4.11. The molecule has 0 saturated carbocycles. The van der Waals surface area contributed by atoms with Crippen LogP contribution in [-0.4, -0.2) is 24.2 Å². The fraction of sp³-hybridized carbons (Fsp3) is 0.357. The molecule has 0 aromatic heterocycles. The Morgan fingerprint density at radius 3 is 2.94 bits per heavy atom. The summed E-state index contributed by atoms with van der Waals surface area (Å²) in [5, 5.41) is 12.1. The Morgan fingerprint density at radius 2 is 2.33 bits per heavy atom. The number of ether oxygens (including phenoxy) is 1. The fourth-order valence-corrected chi connectivity index (χ4v) is 1.47. The lowest BCUT2D eigenvalue weighted by molar-refractivity contribution is -0.122. The maximum absolute atomic E-state index is 11.3. The van der Waals surface area contributed by atoms with E-state index in [0.29, 0.717) is 11.3 Å². The van der Waals surface area contributed by atoms with Gasteiger partial charge < -0.3 is 15.2 Å². The second-order valence-electron chi connectivity index (χ2n) is 3.99. The van der Waals surface area contributed by atoms with E-state index in [1.165, 1.54) is 0 Å². The number of carbonyl (C=O) groups is 1. The maximum atomic E-state index is 11.3. The van der Waals surface area contributed by atoms with E-state index in [1.807, 2.05) is 19.1 Å². The van der Waals surface area contributed by atoms with Gasteiger partial charge in [0.15, 0.2) is 6.61 Å². The third-order valence-electron chi connectivity index (χ3n) is 2.36. The molecule has 0 aliphatic carbocycles. The fourth-order valence-electron chi connectivity index (χ4n) is 1.47. The Labute approximate surface area is 107 Å². The summed E-state index contributed by atoms with van der Waals surface area (Å²) in [5.74, 6) is 2.53. The smallest absolute Gasteiger partial charge is 0.258 e. The van der Waals surface area contributed by atoms with Crippen LogP contribution in [0.5, 0.6) is 5.75 Å². The number of carbonyl (C=O) groups excluding carboxylic acids is 1. The molecule has 0 spiro atoms. The Bertz CT molecular complexity index is 461. The molecule has 1 amide bonds. The van der Waals surface area contributed by atoms with Crippen molar-refractivity contribution in [1.82, 2.24) is 5.32 Å². The molecule has 1 atom stereocenters. The summed E-state index contributed by atoms with van der Waals surface area (Å²) in [6, 6.07) is 5.44. The monoisotopic (exact) mass is 247 g/mol. The van der Waals surface area contributed by atoms with Crippen LogP contribution in [0.2, 0.25) is 0 Å². The van der Waals surface area contributed by atoms with Gasteiger partial charge in [-0.05, 0) is 26.0 Å². The normalized spacial score (nSPS) is 11.4. The highest BCUT2D eigenvalue weighted by atomic mass is 16.5. The van der Waals surface area contributed by atoms with E-state index in [-0.39, 0.29) is 19.1 Å². The molecule has 96 valence electrons. The van der Waals surface area contributed by atoms with Crippen molar-refractivity contribution >= 4 is 5.91 Å². The summed E-state index contributed by atoms with van der Waals surface area (Å²) in [6.45, 7) is 3.64. The minimum Gasteiger partial charge on any atom is -0.483 e. The van der Waals surface area contributed by atoms with Crippen molar-refractivity contribution in [3.8, 4) is 18.1 Å². The predicted octanol–water partition coefficient (Wildman–Crippen LogP) is 1.18. The summed E-state index contributed by atoms with van der Waals surface area (Å²) in [5.41, 5.74) is 1.69. The highest BCUT2D eigenvalue weighted by Gasteiger charge is 2.10. The van der Waals surface area contributed by atoms with Crippen molar-refractivity contribution in [3.63, 3.8) is 0 Å². The van der Waals surface area contributed by atoms with E-state index in [0.717, 1.165) is 5.56 Å². The molecule has 0 aliphatic heterocycles. The second kappa shape index (κ2) is 6.67. The van der Waals surface area contributed by atoms with Crippen molar-refractivity contribution in [2.75, 3.05) is 13.2 Å². The predicted molar refractivity (Wildman–Crippen MR) is 69.2 cm³/mol. The lowest BCUT2D eigenvalue weighted by Crippen LogP contribution is -2.29. The number of amides is 1. The lowest BCUT2D eigenvalue weighted by Gasteiger charge is -2.13. The number of terminal acetylenes is 1. The molecule has 0 unspecified atom stereocenters. The molecule has 1 aromatic carbocycles. The van der Waals surface area contributed by atoms with Crippen LogP contribution in [0.1, 0.15) is 24.2 Å². The van der Waals surface area contributed by atoms with Crippen LogP contribution in [0, 0.1) is 19.3 Å². The Morgan fingerprint density at radius 1 is 1.61 bits per heavy atom. The molecule has 1 aromatic rings. The molecule has 0 radical (unpaired) electrons. The summed E-state index contributed by atoms with van der Waals surface area (Å²) in [6.07, 6.45) is 4.38. The quantitative estimate of drug-likeness (QED) is 0.768. The van der Waals surface area contributed by atoms with Gasteiger partial charge >= 0.3 is 0 Å².